The summed E-state index contributed by atoms with van der Waals surface area (Å²) in [6, 6.07) is 35.8. The van der Waals surface area contributed by atoms with Gasteiger partial charge in [-0.25, -0.2) is 0 Å². The molecular weight excluding hydrogens is 388 g/mol. The fourth-order valence-corrected chi connectivity index (χ4v) is 6.41. The zero-order valence-electron chi connectivity index (χ0n) is 17.3. The topological polar surface area (TPSA) is 17.8 Å². The molecule has 0 atom stereocenters. The smallest absolute Gasteiger partial charge is 0.0754 e. The first-order valence-electron chi connectivity index (χ1n) is 11.1. The lowest BCUT2D eigenvalue weighted by Crippen LogP contribution is -2.33. The van der Waals surface area contributed by atoms with Crippen molar-refractivity contribution in [1.29, 1.82) is 0 Å². The first kappa shape index (κ1) is 16.5. The number of hydrogen-bond acceptors (Lipinski definition) is 1. The maximum Gasteiger partial charge on any atom is 0.0754 e. The van der Waals surface area contributed by atoms with Crippen molar-refractivity contribution in [2.45, 2.75) is 5.41 Å². The summed E-state index contributed by atoms with van der Waals surface area (Å²) in [5.41, 5.74) is 11.5. The first-order chi connectivity index (χ1) is 15.9. The minimum absolute atomic E-state index is 0.332. The van der Waals surface area contributed by atoms with E-state index in [4.69, 9.17) is 0 Å². The Bertz CT molecular complexity index is 1690. The van der Waals surface area contributed by atoms with Gasteiger partial charge in [-0.05, 0) is 45.5 Å². The van der Waals surface area contributed by atoms with Crippen molar-refractivity contribution in [3.63, 3.8) is 0 Å². The first-order valence-corrected chi connectivity index (χ1v) is 11.1. The molecule has 0 saturated carbocycles. The van der Waals surface area contributed by atoms with Gasteiger partial charge in [0.25, 0.3) is 0 Å². The highest BCUT2D eigenvalue weighted by molar-refractivity contribution is 6.12. The van der Waals surface area contributed by atoms with Crippen LogP contribution in [0.3, 0.4) is 0 Å². The number of rotatable bonds is 0. The number of pyridine rings is 1. The van der Waals surface area contributed by atoms with Crippen LogP contribution in [0.1, 0.15) is 22.3 Å². The Labute approximate surface area is 185 Å². The van der Waals surface area contributed by atoms with Gasteiger partial charge in [-0.15, -0.1) is 0 Å². The molecule has 8 rings (SSSR count). The average molecular weight is 406 g/mol. The number of para-hydroxylation sites is 2. The van der Waals surface area contributed by atoms with Gasteiger partial charge < -0.3 is 4.57 Å². The quantitative estimate of drug-likeness (QED) is 0.269. The molecule has 1 spiro atoms. The van der Waals surface area contributed by atoms with Crippen LogP contribution < -0.4 is 0 Å². The molecule has 2 nitrogen and oxygen atoms in total. The van der Waals surface area contributed by atoms with Crippen molar-refractivity contribution in [3.8, 4) is 16.8 Å². The lowest BCUT2D eigenvalue weighted by molar-refractivity contribution is 0.748. The van der Waals surface area contributed by atoms with Crippen molar-refractivity contribution in [2.75, 3.05) is 0 Å². The van der Waals surface area contributed by atoms with Crippen molar-refractivity contribution >= 4 is 21.8 Å². The van der Waals surface area contributed by atoms with Crippen LogP contribution in [0.2, 0.25) is 0 Å². The van der Waals surface area contributed by atoms with Gasteiger partial charge in [-0.2, -0.15) is 0 Å². The maximum atomic E-state index is 4.46. The Hall–Kier alpha value is -4.17. The normalized spacial score (nSPS) is 14.5. The standard InChI is InChI=1S/C30H18N2/c1-3-11-23-19(8-1)20-9-2-4-12-24(20)30(23)25-13-5-6-15-28(25)32-27-16-17-31-18-22(27)21-10-7-14-26(30)29(21)32/h1-18H. The van der Waals surface area contributed by atoms with Gasteiger partial charge in [0, 0.05) is 23.2 Å². The molecule has 1 aliphatic heterocycles. The minimum Gasteiger partial charge on any atom is -0.308 e. The van der Waals surface area contributed by atoms with Crippen LogP contribution in [0.4, 0.5) is 0 Å². The molecule has 148 valence electrons. The van der Waals surface area contributed by atoms with E-state index in [0.717, 1.165) is 0 Å². The Morgan fingerprint density at radius 2 is 1.22 bits per heavy atom. The van der Waals surface area contributed by atoms with Crippen LogP contribution in [-0.4, -0.2) is 9.55 Å². The van der Waals surface area contributed by atoms with Crippen LogP contribution in [0.15, 0.2) is 109 Å². The summed E-state index contributed by atoms with van der Waals surface area (Å²) in [4.78, 5) is 4.46. The lowest BCUT2D eigenvalue weighted by Gasteiger charge is -2.39. The van der Waals surface area contributed by atoms with Gasteiger partial charge in [-0.3, -0.25) is 4.98 Å². The minimum atomic E-state index is -0.332. The molecule has 0 saturated heterocycles. The molecule has 0 N–H and O–H groups in total. The van der Waals surface area contributed by atoms with Gasteiger partial charge >= 0.3 is 0 Å². The van der Waals surface area contributed by atoms with E-state index in [9.17, 15) is 0 Å². The Balaban J connectivity index is 1.71. The summed E-state index contributed by atoms with van der Waals surface area (Å²) in [5, 5.41) is 2.47. The molecule has 0 unspecified atom stereocenters. The summed E-state index contributed by atoms with van der Waals surface area (Å²) in [7, 11) is 0. The SMILES string of the molecule is c1ccc2c(c1)-c1ccccc1C21c2ccccc2-n2c3ccncc3c3cccc1c32. The monoisotopic (exact) mass is 406 g/mol. The zero-order chi connectivity index (χ0) is 20.9. The summed E-state index contributed by atoms with van der Waals surface area (Å²) < 4.78 is 2.45. The number of aromatic nitrogens is 2. The third-order valence-electron chi connectivity index (χ3n) is 7.49. The van der Waals surface area contributed by atoms with E-state index in [1.807, 2.05) is 12.4 Å². The van der Waals surface area contributed by atoms with E-state index in [0.29, 0.717) is 0 Å². The molecule has 3 heterocycles. The zero-order valence-corrected chi connectivity index (χ0v) is 17.3. The highest BCUT2D eigenvalue weighted by Crippen LogP contribution is 2.60. The second-order valence-corrected chi connectivity index (χ2v) is 8.79. The van der Waals surface area contributed by atoms with Crippen molar-refractivity contribution in [1.82, 2.24) is 9.55 Å². The molecule has 0 amide bonds. The molecule has 0 radical (unpaired) electrons. The Kier molecular flexibility index (Phi) is 2.86. The molecule has 0 bridgehead atoms. The molecular formula is C30H18N2. The highest BCUT2D eigenvalue weighted by Gasteiger charge is 2.50. The van der Waals surface area contributed by atoms with Gasteiger partial charge in [0.1, 0.15) is 0 Å². The predicted molar refractivity (Wildman–Crippen MR) is 129 cm³/mol. The fraction of sp³-hybridized carbons (Fsp3) is 0.0333. The molecule has 1 aliphatic carbocycles. The van der Waals surface area contributed by atoms with Crippen molar-refractivity contribution in [3.05, 3.63) is 132 Å². The second kappa shape index (κ2) is 5.54. The fourth-order valence-electron chi connectivity index (χ4n) is 6.41. The van der Waals surface area contributed by atoms with Crippen LogP contribution in [0.25, 0.3) is 38.6 Å². The molecule has 2 heteroatoms. The molecule has 2 aromatic heterocycles. The largest absolute Gasteiger partial charge is 0.308 e. The average Bonchev–Trinajstić information content (AvgIpc) is 3.35. The number of fused-ring (bicyclic) bond motifs is 12. The van der Waals surface area contributed by atoms with Crippen LogP contribution in [0, 0.1) is 0 Å². The van der Waals surface area contributed by atoms with Gasteiger partial charge in [-0.1, -0.05) is 84.9 Å². The highest BCUT2D eigenvalue weighted by atomic mass is 15.0. The van der Waals surface area contributed by atoms with Crippen LogP contribution in [0.5, 0.6) is 0 Å². The Morgan fingerprint density at radius 3 is 2.00 bits per heavy atom. The predicted octanol–water partition coefficient (Wildman–Crippen LogP) is 6.86. The lowest BCUT2D eigenvalue weighted by atomic mass is 9.65. The number of nitrogens with zero attached hydrogens (tertiary/aromatic N) is 2. The maximum absolute atomic E-state index is 4.46. The molecule has 0 fully saturated rings. The van der Waals surface area contributed by atoms with Crippen LogP contribution in [-0.2, 0) is 5.41 Å². The number of benzene rings is 4. The van der Waals surface area contributed by atoms with Crippen molar-refractivity contribution in [2.24, 2.45) is 0 Å². The molecule has 32 heavy (non-hydrogen) atoms. The Morgan fingerprint density at radius 1 is 0.562 bits per heavy atom. The van der Waals surface area contributed by atoms with Gasteiger partial charge in [0.2, 0.25) is 0 Å². The summed E-state index contributed by atoms with van der Waals surface area (Å²) in [6.45, 7) is 0. The van der Waals surface area contributed by atoms with Gasteiger partial charge in [0.05, 0.1) is 22.1 Å². The molecule has 4 aromatic carbocycles. The number of hydrogen-bond donors (Lipinski definition) is 0. The third kappa shape index (κ3) is 1.66. The summed E-state index contributed by atoms with van der Waals surface area (Å²) >= 11 is 0. The van der Waals surface area contributed by atoms with E-state index in [-0.39, 0.29) is 5.41 Å². The van der Waals surface area contributed by atoms with E-state index in [2.05, 4.69) is 107 Å². The van der Waals surface area contributed by atoms with E-state index in [1.54, 1.807) is 0 Å². The van der Waals surface area contributed by atoms with E-state index in [1.165, 1.54) is 60.9 Å². The van der Waals surface area contributed by atoms with Crippen molar-refractivity contribution < 1.29 is 0 Å². The van der Waals surface area contributed by atoms with Gasteiger partial charge in [0.15, 0.2) is 0 Å². The van der Waals surface area contributed by atoms with Crippen LogP contribution >= 0.6 is 0 Å². The third-order valence-corrected chi connectivity index (χ3v) is 7.49. The molecule has 2 aliphatic rings. The van der Waals surface area contributed by atoms with E-state index >= 15 is 0 Å². The second-order valence-electron chi connectivity index (χ2n) is 8.79. The van der Waals surface area contributed by atoms with E-state index < -0.39 is 0 Å². The summed E-state index contributed by atoms with van der Waals surface area (Å²) in [6.07, 6.45) is 3.91. The summed E-state index contributed by atoms with van der Waals surface area (Å²) in [5.74, 6) is 0. The molecule has 6 aromatic rings.